The first-order valence-electron chi connectivity index (χ1n) is 9.97. The van der Waals surface area contributed by atoms with Crippen LogP contribution >= 0.6 is 23.1 Å². The van der Waals surface area contributed by atoms with E-state index in [0.717, 1.165) is 34.4 Å². The number of nitrogens with zero attached hydrogens (tertiary/aromatic N) is 2. The maximum Gasteiger partial charge on any atom is 0.260 e. The molecule has 1 aliphatic carbocycles. The van der Waals surface area contributed by atoms with Crippen LogP contribution in [0, 0.1) is 11.3 Å². The number of aromatic amines is 1. The number of benzene rings is 2. The number of thiophene rings is 1. The van der Waals surface area contributed by atoms with Crippen LogP contribution in [0.5, 0.6) is 0 Å². The Kier molecular flexibility index (Phi) is 5.16. The fourth-order valence-electron chi connectivity index (χ4n) is 3.99. The monoisotopic (exact) mass is 429 g/mol. The molecule has 148 valence electrons. The van der Waals surface area contributed by atoms with Crippen LogP contribution in [0.2, 0.25) is 0 Å². The maximum atomic E-state index is 12.9. The number of H-pyrrole nitrogens is 1. The van der Waals surface area contributed by atoms with E-state index in [2.05, 4.69) is 34.2 Å². The van der Waals surface area contributed by atoms with E-state index < -0.39 is 0 Å². The van der Waals surface area contributed by atoms with Crippen LogP contribution in [0.1, 0.15) is 35.1 Å². The van der Waals surface area contributed by atoms with Crippen molar-refractivity contribution in [3.05, 3.63) is 80.5 Å². The Morgan fingerprint density at radius 2 is 2.00 bits per heavy atom. The van der Waals surface area contributed by atoms with Gasteiger partial charge in [-0.15, -0.1) is 11.3 Å². The molecule has 1 N–H and O–H groups in total. The predicted molar refractivity (Wildman–Crippen MR) is 123 cm³/mol. The van der Waals surface area contributed by atoms with Gasteiger partial charge in [0.15, 0.2) is 5.16 Å². The van der Waals surface area contributed by atoms with E-state index in [9.17, 15) is 4.79 Å². The van der Waals surface area contributed by atoms with Crippen molar-refractivity contribution in [1.29, 1.82) is 5.26 Å². The minimum absolute atomic E-state index is 0.0951. The Balaban J connectivity index is 1.45. The minimum Gasteiger partial charge on any atom is -0.301 e. The van der Waals surface area contributed by atoms with Gasteiger partial charge in [-0.3, -0.25) is 4.79 Å². The van der Waals surface area contributed by atoms with Crippen LogP contribution < -0.4 is 5.56 Å². The summed E-state index contributed by atoms with van der Waals surface area (Å²) in [5, 5.41) is 12.4. The lowest BCUT2D eigenvalue weighted by atomic mass is 9.89. The second-order valence-electron chi connectivity index (χ2n) is 7.49. The van der Waals surface area contributed by atoms with Crippen LogP contribution in [0.15, 0.2) is 57.8 Å². The SMILES string of the molecule is N#Cc1cccc(CSc2nc3scc(-c4ccc5c(c4)CCCC5)c3c(=O)[nH]2)c1. The van der Waals surface area contributed by atoms with E-state index in [0.29, 0.717) is 21.9 Å². The number of fused-ring (bicyclic) bond motifs is 2. The summed E-state index contributed by atoms with van der Waals surface area (Å²) in [4.78, 5) is 21.3. The molecule has 5 rings (SSSR count). The molecule has 4 aromatic rings. The van der Waals surface area contributed by atoms with E-state index in [1.54, 1.807) is 6.07 Å². The quantitative estimate of drug-likeness (QED) is 0.334. The van der Waals surface area contributed by atoms with Crippen molar-refractivity contribution in [3.8, 4) is 17.2 Å². The normalized spacial score (nSPS) is 13.2. The topological polar surface area (TPSA) is 69.5 Å². The molecule has 0 spiro atoms. The van der Waals surface area contributed by atoms with Crippen LogP contribution in [-0.2, 0) is 18.6 Å². The van der Waals surface area contributed by atoms with Gasteiger partial charge >= 0.3 is 0 Å². The van der Waals surface area contributed by atoms with Gasteiger partial charge in [0.1, 0.15) is 4.83 Å². The highest BCUT2D eigenvalue weighted by Gasteiger charge is 2.16. The molecule has 0 aliphatic heterocycles. The van der Waals surface area contributed by atoms with Crippen molar-refractivity contribution in [2.24, 2.45) is 0 Å². The molecule has 0 bridgehead atoms. The van der Waals surface area contributed by atoms with E-state index in [4.69, 9.17) is 5.26 Å². The van der Waals surface area contributed by atoms with Gasteiger partial charge in [0.05, 0.1) is 17.0 Å². The van der Waals surface area contributed by atoms with Crippen LogP contribution in [0.3, 0.4) is 0 Å². The van der Waals surface area contributed by atoms with Gasteiger partial charge < -0.3 is 4.98 Å². The first-order chi connectivity index (χ1) is 14.7. The van der Waals surface area contributed by atoms with Crippen LogP contribution in [-0.4, -0.2) is 9.97 Å². The zero-order valence-corrected chi connectivity index (χ0v) is 17.9. The number of nitriles is 1. The largest absolute Gasteiger partial charge is 0.301 e. The fourth-order valence-corrected chi connectivity index (χ4v) is 5.80. The first kappa shape index (κ1) is 19.1. The van der Waals surface area contributed by atoms with Crippen LogP contribution in [0.4, 0.5) is 0 Å². The zero-order chi connectivity index (χ0) is 20.5. The average molecular weight is 430 g/mol. The smallest absolute Gasteiger partial charge is 0.260 e. The maximum absolute atomic E-state index is 12.9. The summed E-state index contributed by atoms with van der Waals surface area (Å²) in [5.41, 5.74) is 6.49. The molecule has 0 unspecified atom stereocenters. The summed E-state index contributed by atoms with van der Waals surface area (Å²) in [6.07, 6.45) is 4.77. The fraction of sp³-hybridized carbons (Fsp3) is 0.208. The second-order valence-corrected chi connectivity index (χ2v) is 9.31. The van der Waals surface area contributed by atoms with Crippen molar-refractivity contribution >= 4 is 33.3 Å². The Hall–Kier alpha value is -2.88. The lowest BCUT2D eigenvalue weighted by Gasteiger charge is -2.16. The van der Waals surface area contributed by atoms with Crippen molar-refractivity contribution in [2.75, 3.05) is 0 Å². The van der Waals surface area contributed by atoms with Gasteiger partial charge in [0.25, 0.3) is 5.56 Å². The third-order valence-corrected chi connectivity index (χ3v) is 7.33. The molecule has 0 saturated heterocycles. The van der Waals surface area contributed by atoms with Gasteiger partial charge in [-0.1, -0.05) is 42.1 Å². The molecule has 2 aromatic heterocycles. The zero-order valence-electron chi connectivity index (χ0n) is 16.3. The van der Waals surface area contributed by atoms with Crippen molar-refractivity contribution < 1.29 is 0 Å². The van der Waals surface area contributed by atoms with E-state index in [-0.39, 0.29) is 5.56 Å². The molecule has 0 radical (unpaired) electrons. The van der Waals surface area contributed by atoms with Gasteiger partial charge in [-0.25, -0.2) is 4.98 Å². The van der Waals surface area contributed by atoms with Gasteiger partial charge in [-0.05, 0) is 60.1 Å². The molecule has 6 heteroatoms. The third kappa shape index (κ3) is 3.67. The number of aryl methyl sites for hydroxylation is 2. The number of hydrogen-bond donors (Lipinski definition) is 1. The number of rotatable bonds is 4. The molecule has 4 nitrogen and oxygen atoms in total. The summed E-state index contributed by atoms with van der Waals surface area (Å²) in [5.74, 6) is 0.646. The Morgan fingerprint density at radius 3 is 2.87 bits per heavy atom. The van der Waals surface area contributed by atoms with E-state index in [1.165, 1.54) is 47.1 Å². The molecule has 0 amide bonds. The number of aromatic nitrogens is 2. The highest BCUT2D eigenvalue weighted by Crippen LogP contribution is 2.34. The van der Waals surface area contributed by atoms with Gasteiger partial charge in [0.2, 0.25) is 0 Å². The van der Waals surface area contributed by atoms with Crippen molar-refractivity contribution in [1.82, 2.24) is 9.97 Å². The van der Waals surface area contributed by atoms with Gasteiger partial charge in [-0.2, -0.15) is 5.26 Å². The highest BCUT2D eigenvalue weighted by molar-refractivity contribution is 7.98. The first-order valence-corrected chi connectivity index (χ1v) is 11.8. The molecule has 0 saturated carbocycles. The number of thioether (sulfide) groups is 1. The molecule has 0 fully saturated rings. The summed E-state index contributed by atoms with van der Waals surface area (Å²) in [6, 6.07) is 16.3. The van der Waals surface area contributed by atoms with Crippen molar-refractivity contribution in [2.45, 2.75) is 36.6 Å². The molecule has 2 heterocycles. The second kappa shape index (κ2) is 8.10. The lowest BCUT2D eigenvalue weighted by molar-refractivity contribution is 0.686. The third-order valence-electron chi connectivity index (χ3n) is 5.51. The minimum atomic E-state index is -0.0951. The highest BCUT2D eigenvalue weighted by atomic mass is 32.2. The Bertz CT molecular complexity index is 1350. The van der Waals surface area contributed by atoms with E-state index >= 15 is 0 Å². The predicted octanol–water partition coefficient (Wildman–Crippen LogP) is 5.69. The van der Waals surface area contributed by atoms with Gasteiger partial charge in [0, 0.05) is 16.7 Å². The summed E-state index contributed by atoms with van der Waals surface area (Å²) in [6.45, 7) is 0. The summed E-state index contributed by atoms with van der Waals surface area (Å²) in [7, 11) is 0. The lowest BCUT2D eigenvalue weighted by Crippen LogP contribution is -2.09. The molecule has 0 atom stereocenters. The molecular formula is C24H19N3OS2. The summed E-state index contributed by atoms with van der Waals surface area (Å²) < 4.78 is 0. The van der Waals surface area contributed by atoms with E-state index in [1.807, 2.05) is 23.6 Å². The molecule has 2 aromatic carbocycles. The number of hydrogen-bond acceptors (Lipinski definition) is 5. The average Bonchev–Trinajstić information content (AvgIpc) is 3.22. The molecule has 30 heavy (non-hydrogen) atoms. The molecule has 1 aliphatic rings. The van der Waals surface area contributed by atoms with Crippen LogP contribution in [0.25, 0.3) is 21.3 Å². The molecular weight excluding hydrogens is 410 g/mol. The van der Waals surface area contributed by atoms with Crippen molar-refractivity contribution in [3.63, 3.8) is 0 Å². The Morgan fingerprint density at radius 1 is 1.13 bits per heavy atom. The number of nitrogens with one attached hydrogen (secondary N) is 1. The Labute approximate surface area is 182 Å². The standard InChI is InChI=1S/C24H19N3OS2/c25-12-15-4-3-5-16(10-15)13-30-24-26-22(28)21-20(14-29-23(21)27-24)19-9-8-17-6-1-2-7-18(17)11-19/h3-5,8-11,14H,1-2,6-7,13H2,(H,26,27,28). The summed E-state index contributed by atoms with van der Waals surface area (Å²) >= 11 is 2.99.